The number of benzene rings is 1. The van der Waals surface area contributed by atoms with Gasteiger partial charge in [-0.25, -0.2) is 4.39 Å². The second-order valence-corrected chi connectivity index (χ2v) is 5.37. The first-order valence-electron chi connectivity index (χ1n) is 7.58. The van der Waals surface area contributed by atoms with Crippen LogP contribution in [0.3, 0.4) is 0 Å². The van der Waals surface area contributed by atoms with E-state index < -0.39 is 22.3 Å². The minimum Gasteiger partial charge on any atom is -0.378 e. The number of nitro groups is 1. The molecule has 25 heavy (non-hydrogen) atoms. The summed E-state index contributed by atoms with van der Waals surface area (Å²) >= 11 is 0. The fourth-order valence-corrected chi connectivity index (χ4v) is 2.55. The highest BCUT2D eigenvalue weighted by molar-refractivity contribution is 6.06. The maximum absolute atomic E-state index is 14.0. The first kappa shape index (κ1) is 16.8. The lowest BCUT2D eigenvalue weighted by Gasteiger charge is -2.30. The van der Waals surface area contributed by atoms with E-state index in [2.05, 4.69) is 10.3 Å². The van der Waals surface area contributed by atoms with Crippen molar-refractivity contribution in [3.8, 4) is 0 Å². The molecule has 2 heterocycles. The fourth-order valence-electron chi connectivity index (χ4n) is 2.55. The highest BCUT2D eigenvalue weighted by Crippen LogP contribution is 2.26. The number of hydrogen-bond donors (Lipinski definition) is 1. The third kappa shape index (κ3) is 3.72. The number of pyridine rings is 1. The molecule has 130 valence electrons. The van der Waals surface area contributed by atoms with Crippen molar-refractivity contribution in [3.63, 3.8) is 0 Å². The molecule has 0 unspecified atom stereocenters. The number of carbonyl (C=O) groups is 1. The summed E-state index contributed by atoms with van der Waals surface area (Å²) in [6.45, 7) is 2.48. The number of nitro benzene ring substituents is 1. The Morgan fingerprint density at radius 2 is 2.08 bits per heavy atom. The molecule has 0 bridgehead atoms. The number of carbonyl (C=O) groups excluding carboxylic acids is 1. The van der Waals surface area contributed by atoms with Crippen LogP contribution in [0.1, 0.15) is 10.4 Å². The van der Waals surface area contributed by atoms with Gasteiger partial charge in [0.05, 0.1) is 47.3 Å². The van der Waals surface area contributed by atoms with Gasteiger partial charge in [-0.2, -0.15) is 0 Å². The number of anilines is 2. The second-order valence-electron chi connectivity index (χ2n) is 5.37. The maximum Gasteiger partial charge on any atom is 0.272 e. The van der Waals surface area contributed by atoms with Crippen LogP contribution in [-0.4, -0.2) is 42.1 Å². The zero-order chi connectivity index (χ0) is 17.8. The Hall–Kier alpha value is -3.07. The lowest BCUT2D eigenvalue weighted by molar-refractivity contribution is -0.385. The maximum atomic E-state index is 14.0. The standard InChI is InChI=1S/C16H15FN4O4/c17-13-9-11(21(23)24)1-2-12(13)16(22)19-14-10-18-4-3-15(14)20-5-7-25-8-6-20/h1-4,9-10H,5-8H2,(H,19,22). The predicted molar refractivity (Wildman–Crippen MR) is 88.3 cm³/mol. The van der Waals surface area contributed by atoms with Gasteiger partial charge in [0.1, 0.15) is 5.82 Å². The van der Waals surface area contributed by atoms with Crippen molar-refractivity contribution in [2.24, 2.45) is 0 Å². The third-order valence-electron chi connectivity index (χ3n) is 3.81. The number of aromatic nitrogens is 1. The Bertz CT molecular complexity index is 808. The Balaban J connectivity index is 1.83. The molecule has 3 rings (SSSR count). The smallest absolute Gasteiger partial charge is 0.272 e. The van der Waals surface area contributed by atoms with Crippen LogP contribution in [0.25, 0.3) is 0 Å². The van der Waals surface area contributed by atoms with Gasteiger partial charge in [-0.05, 0) is 12.1 Å². The molecular weight excluding hydrogens is 331 g/mol. The summed E-state index contributed by atoms with van der Waals surface area (Å²) in [7, 11) is 0. The summed E-state index contributed by atoms with van der Waals surface area (Å²) in [4.78, 5) is 28.3. The van der Waals surface area contributed by atoms with Crippen LogP contribution in [0, 0.1) is 15.9 Å². The zero-order valence-corrected chi connectivity index (χ0v) is 13.1. The summed E-state index contributed by atoms with van der Waals surface area (Å²) in [5, 5.41) is 13.3. The van der Waals surface area contributed by atoms with Gasteiger partial charge in [-0.1, -0.05) is 0 Å². The lowest BCUT2D eigenvalue weighted by atomic mass is 10.1. The molecule has 8 nitrogen and oxygen atoms in total. The Labute approximate surface area is 142 Å². The average molecular weight is 346 g/mol. The number of rotatable bonds is 4. The highest BCUT2D eigenvalue weighted by atomic mass is 19.1. The number of nitrogens with one attached hydrogen (secondary N) is 1. The van der Waals surface area contributed by atoms with Gasteiger partial charge < -0.3 is 15.0 Å². The van der Waals surface area contributed by atoms with E-state index >= 15 is 0 Å². The first-order chi connectivity index (χ1) is 12.1. The molecular formula is C16H15FN4O4. The molecule has 0 atom stereocenters. The molecule has 0 aliphatic carbocycles. The van der Waals surface area contributed by atoms with E-state index in [0.717, 1.165) is 23.9 Å². The van der Waals surface area contributed by atoms with E-state index in [1.165, 1.54) is 6.20 Å². The normalized spacial score (nSPS) is 14.2. The van der Waals surface area contributed by atoms with E-state index in [9.17, 15) is 19.3 Å². The SMILES string of the molecule is O=C(Nc1cnccc1N1CCOCC1)c1ccc([N+](=O)[O-])cc1F. The molecule has 1 aliphatic rings. The zero-order valence-electron chi connectivity index (χ0n) is 13.1. The summed E-state index contributed by atoms with van der Waals surface area (Å²) in [5.74, 6) is -1.65. The average Bonchev–Trinajstić information content (AvgIpc) is 2.62. The minimum atomic E-state index is -0.955. The van der Waals surface area contributed by atoms with Crippen LogP contribution in [-0.2, 0) is 4.74 Å². The molecule has 1 aromatic heterocycles. The van der Waals surface area contributed by atoms with Crippen molar-refractivity contribution in [1.82, 2.24) is 4.98 Å². The molecule has 1 aromatic carbocycles. The fraction of sp³-hybridized carbons (Fsp3) is 0.250. The quantitative estimate of drug-likeness (QED) is 0.673. The predicted octanol–water partition coefficient (Wildman–Crippen LogP) is 2.22. The number of hydrogen-bond acceptors (Lipinski definition) is 6. The molecule has 1 N–H and O–H groups in total. The number of ether oxygens (including phenoxy) is 1. The Morgan fingerprint density at radius 3 is 2.76 bits per heavy atom. The van der Waals surface area contributed by atoms with Gasteiger partial charge in [-0.15, -0.1) is 0 Å². The molecule has 0 spiro atoms. The van der Waals surface area contributed by atoms with Gasteiger partial charge in [0.15, 0.2) is 0 Å². The van der Waals surface area contributed by atoms with Crippen molar-refractivity contribution in [2.75, 3.05) is 36.5 Å². The molecule has 1 amide bonds. The monoisotopic (exact) mass is 346 g/mol. The largest absolute Gasteiger partial charge is 0.378 e. The van der Waals surface area contributed by atoms with E-state index in [1.807, 2.05) is 4.90 Å². The second kappa shape index (κ2) is 7.22. The van der Waals surface area contributed by atoms with E-state index in [4.69, 9.17) is 4.74 Å². The van der Waals surface area contributed by atoms with Crippen LogP contribution in [0.4, 0.5) is 21.5 Å². The summed E-state index contributed by atoms with van der Waals surface area (Å²) in [5.41, 5.74) is 0.507. The van der Waals surface area contributed by atoms with E-state index in [-0.39, 0.29) is 5.56 Å². The van der Waals surface area contributed by atoms with Gasteiger partial charge >= 0.3 is 0 Å². The van der Waals surface area contributed by atoms with Gasteiger partial charge in [-0.3, -0.25) is 19.9 Å². The van der Waals surface area contributed by atoms with Crippen LogP contribution in [0.5, 0.6) is 0 Å². The minimum absolute atomic E-state index is 0.276. The lowest BCUT2D eigenvalue weighted by Crippen LogP contribution is -2.36. The van der Waals surface area contributed by atoms with Gasteiger partial charge in [0, 0.05) is 25.4 Å². The first-order valence-corrected chi connectivity index (χ1v) is 7.58. The van der Waals surface area contributed by atoms with Crippen LogP contribution in [0.15, 0.2) is 36.7 Å². The number of nitrogens with zero attached hydrogens (tertiary/aromatic N) is 3. The van der Waals surface area contributed by atoms with Crippen LogP contribution >= 0.6 is 0 Å². The Kier molecular flexibility index (Phi) is 4.85. The third-order valence-corrected chi connectivity index (χ3v) is 3.81. The van der Waals surface area contributed by atoms with Crippen LogP contribution in [0.2, 0.25) is 0 Å². The number of halogens is 1. The number of morpholine rings is 1. The van der Waals surface area contributed by atoms with Gasteiger partial charge in [0.2, 0.25) is 0 Å². The molecule has 2 aromatic rings. The summed E-state index contributed by atoms with van der Waals surface area (Å²) < 4.78 is 19.3. The molecule has 0 saturated carbocycles. The molecule has 0 radical (unpaired) electrons. The van der Waals surface area contributed by atoms with Gasteiger partial charge in [0.25, 0.3) is 11.6 Å². The van der Waals surface area contributed by atoms with Crippen molar-refractivity contribution in [1.29, 1.82) is 0 Å². The summed E-state index contributed by atoms with van der Waals surface area (Å²) in [6, 6.07) is 4.66. The van der Waals surface area contributed by atoms with Crippen molar-refractivity contribution in [2.45, 2.75) is 0 Å². The number of amides is 1. The molecule has 1 fully saturated rings. The van der Waals surface area contributed by atoms with E-state index in [0.29, 0.717) is 32.0 Å². The van der Waals surface area contributed by atoms with Crippen molar-refractivity contribution >= 4 is 23.0 Å². The molecule has 1 saturated heterocycles. The number of non-ortho nitro benzene ring substituents is 1. The topological polar surface area (TPSA) is 97.6 Å². The van der Waals surface area contributed by atoms with Crippen molar-refractivity contribution < 1.29 is 18.8 Å². The van der Waals surface area contributed by atoms with Crippen LogP contribution < -0.4 is 10.2 Å². The molecule has 9 heteroatoms. The summed E-state index contributed by atoms with van der Waals surface area (Å²) in [6.07, 6.45) is 3.08. The highest BCUT2D eigenvalue weighted by Gasteiger charge is 2.19. The van der Waals surface area contributed by atoms with E-state index in [1.54, 1.807) is 12.3 Å². The van der Waals surface area contributed by atoms with Crippen molar-refractivity contribution in [3.05, 3.63) is 58.2 Å². The Morgan fingerprint density at radius 1 is 1.32 bits per heavy atom. The molecule has 1 aliphatic heterocycles.